The molecule has 0 aliphatic heterocycles. The van der Waals surface area contributed by atoms with Gasteiger partial charge in [0.05, 0.1) is 17.3 Å². The standard InChI is InChI=1S/C21H18ClNO2S/c22-19-8-4-5-9-20(19)23-21(24)16-10-12-17(13-11-16)25-14-15-26-18-6-2-1-3-7-18/h1-13H,14-15H2,(H,23,24). The lowest BCUT2D eigenvalue weighted by molar-refractivity contribution is 0.102. The number of amides is 1. The molecule has 0 bridgehead atoms. The topological polar surface area (TPSA) is 38.3 Å². The lowest BCUT2D eigenvalue weighted by Crippen LogP contribution is -2.12. The van der Waals surface area contributed by atoms with E-state index in [0.29, 0.717) is 22.9 Å². The number of nitrogens with one attached hydrogen (secondary N) is 1. The lowest BCUT2D eigenvalue weighted by atomic mass is 10.2. The third-order valence-electron chi connectivity index (χ3n) is 3.60. The van der Waals surface area contributed by atoms with E-state index in [4.69, 9.17) is 16.3 Å². The first-order valence-corrected chi connectivity index (χ1v) is 9.55. The fourth-order valence-corrected chi connectivity index (χ4v) is 3.23. The second kappa shape index (κ2) is 9.32. The smallest absolute Gasteiger partial charge is 0.255 e. The Morgan fingerprint density at radius 1 is 0.923 bits per heavy atom. The Morgan fingerprint density at radius 3 is 2.35 bits per heavy atom. The van der Waals surface area contributed by atoms with E-state index in [9.17, 15) is 4.79 Å². The number of carbonyl (C=O) groups is 1. The van der Waals surface area contributed by atoms with Crippen LogP contribution in [0.5, 0.6) is 5.75 Å². The summed E-state index contributed by atoms with van der Waals surface area (Å²) in [5, 5.41) is 3.31. The number of anilines is 1. The molecule has 0 aromatic heterocycles. The fourth-order valence-electron chi connectivity index (χ4n) is 2.30. The molecule has 3 aromatic rings. The summed E-state index contributed by atoms with van der Waals surface area (Å²) in [6.45, 7) is 0.602. The van der Waals surface area contributed by atoms with Gasteiger partial charge in [0.25, 0.3) is 5.91 Å². The molecule has 0 saturated heterocycles. The maximum absolute atomic E-state index is 12.3. The normalized spacial score (nSPS) is 10.3. The zero-order valence-electron chi connectivity index (χ0n) is 14.0. The average Bonchev–Trinajstić information content (AvgIpc) is 2.68. The van der Waals surface area contributed by atoms with Crippen molar-refractivity contribution < 1.29 is 9.53 Å². The Hall–Kier alpha value is -2.43. The van der Waals surface area contributed by atoms with Crippen molar-refractivity contribution in [2.45, 2.75) is 4.90 Å². The second-order valence-electron chi connectivity index (χ2n) is 5.47. The van der Waals surface area contributed by atoms with E-state index in [1.807, 2.05) is 30.3 Å². The highest BCUT2D eigenvalue weighted by Crippen LogP contribution is 2.22. The van der Waals surface area contributed by atoms with Crippen molar-refractivity contribution in [2.75, 3.05) is 17.7 Å². The first-order chi connectivity index (χ1) is 12.7. The maximum atomic E-state index is 12.3. The SMILES string of the molecule is O=C(Nc1ccccc1Cl)c1ccc(OCCSc2ccccc2)cc1. The van der Waals surface area contributed by atoms with Crippen molar-refractivity contribution >= 4 is 35.0 Å². The van der Waals surface area contributed by atoms with E-state index in [1.54, 1.807) is 48.2 Å². The van der Waals surface area contributed by atoms with Crippen LogP contribution in [0.25, 0.3) is 0 Å². The van der Waals surface area contributed by atoms with Crippen LogP contribution >= 0.6 is 23.4 Å². The van der Waals surface area contributed by atoms with Crippen LogP contribution < -0.4 is 10.1 Å². The van der Waals surface area contributed by atoms with E-state index in [0.717, 1.165) is 11.5 Å². The van der Waals surface area contributed by atoms with Gasteiger partial charge in [-0.3, -0.25) is 4.79 Å². The third-order valence-corrected chi connectivity index (χ3v) is 4.91. The van der Waals surface area contributed by atoms with E-state index in [2.05, 4.69) is 17.4 Å². The number of ether oxygens (including phenoxy) is 1. The van der Waals surface area contributed by atoms with Crippen molar-refractivity contribution in [3.05, 3.63) is 89.4 Å². The number of benzene rings is 3. The van der Waals surface area contributed by atoms with Crippen molar-refractivity contribution in [2.24, 2.45) is 0 Å². The molecular weight excluding hydrogens is 366 g/mol. The van der Waals surface area contributed by atoms with Gasteiger partial charge >= 0.3 is 0 Å². The Morgan fingerprint density at radius 2 is 1.62 bits per heavy atom. The second-order valence-corrected chi connectivity index (χ2v) is 7.04. The number of hydrogen-bond acceptors (Lipinski definition) is 3. The number of carbonyl (C=O) groups excluding carboxylic acids is 1. The minimum Gasteiger partial charge on any atom is -0.493 e. The van der Waals surface area contributed by atoms with Gasteiger partial charge in [0.15, 0.2) is 0 Å². The molecule has 0 aliphatic rings. The Kier molecular flexibility index (Phi) is 6.58. The van der Waals surface area contributed by atoms with Crippen LogP contribution in [-0.2, 0) is 0 Å². The van der Waals surface area contributed by atoms with Crippen LogP contribution in [0.4, 0.5) is 5.69 Å². The molecule has 5 heteroatoms. The summed E-state index contributed by atoms with van der Waals surface area (Å²) in [5.74, 6) is 1.40. The number of rotatable bonds is 7. The van der Waals surface area contributed by atoms with Gasteiger partial charge in [-0.15, -0.1) is 11.8 Å². The summed E-state index contributed by atoms with van der Waals surface area (Å²) < 4.78 is 5.73. The first-order valence-electron chi connectivity index (χ1n) is 8.19. The van der Waals surface area contributed by atoms with Crippen LogP contribution in [0.3, 0.4) is 0 Å². The van der Waals surface area contributed by atoms with Crippen molar-refractivity contribution in [3.63, 3.8) is 0 Å². The maximum Gasteiger partial charge on any atom is 0.255 e. The highest BCUT2D eigenvalue weighted by atomic mass is 35.5. The van der Waals surface area contributed by atoms with Gasteiger partial charge in [-0.05, 0) is 48.5 Å². The summed E-state index contributed by atoms with van der Waals surface area (Å²) in [6, 6.07) is 24.4. The third kappa shape index (κ3) is 5.28. The van der Waals surface area contributed by atoms with E-state index in [-0.39, 0.29) is 5.91 Å². The Labute approximate surface area is 162 Å². The van der Waals surface area contributed by atoms with Gasteiger partial charge in [0.2, 0.25) is 0 Å². The minimum absolute atomic E-state index is 0.204. The molecular formula is C21H18ClNO2S. The Bertz CT molecular complexity index is 853. The van der Waals surface area contributed by atoms with Crippen molar-refractivity contribution in [1.82, 2.24) is 0 Å². The zero-order chi connectivity index (χ0) is 18.2. The van der Waals surface area contributed by atoms with Gasteiger partial charge in [0.1, 0.15) is 5.75 Å². The van der Waals surface area contributed by atoms with Gasteiger partial charge < -0.3 is 10.1 Å². The first kappa shape index (κ1) is 18.4. The minimum atomic E-state index is -0.204. The Balaban J connectivity index is 1.48. The summed E-state index contributed by atoms with van der Waals surface area (Å²) in [4.78, 5) is 13.5. The fraction of sp³-hybridized carbons (Fsp3) is 0.0952. The molecule has 1 amide bonds. The van der Waals surface area contributed by atoms with Gasteiger partial charge in [-0.1, -0.05) is 41.9 Å². The summed E-state index contributed by atoms with van der Waals surface area (Å²) in [6.07, 6.45) is 0. The van der Waals surface area contributed by atoms with Crippen LogP contribution in [0, 0.1) is 0 Å². The summed E-state index contributed by atoms with van der Waals surface area (Å²) in [5.41, 5.74) is 1.15. The summed E-state index contributed by atoms with van der Waals surface area (Å²) >= 11 is 7.81. The quantitative estimate of drug-likeness (QED) is 0.416. The van der Waals surface area contributed by atoms with Crippen LogP contribution in [0.15, 0.2) is 83.8 Å². The molecule has 132 valence electrons. The number of hydrogen-bond donors (Lipinski definition) is 1. The highest BCUT2D eigenvalue weighted by molar-refractivity contribution is 7.99. The molecule has 0 fully saturated rings. The largest absolute Gasteiger partial charge is 0.493 e. The van der Waals surface area contributed by atoms with Crippen LogP contribution in [-0.4, -0.2) is 18.3 Å². The molecule has 1 N–H and O–H groups in total. The monoisotopic (exact) mass is 383 g/mol. The molecule has 0 unspecified atom stereocenters. The summed E-state index contributed by atoms with van der Waals surface area (Å²) in [7, 11) is 0. The number of halogens is 1. The lowest BCUT2D eigenvalue weighted by Gasteiger charge is -2.09. The highest BCUT2D eigenvalue weighted by Gasteiger charge is 2.08. The molecule has 3 aromatic carbocycles. The van der Waals surface area contributed by atoms with E-state index >= 15 is 0 Å². The predicted molar refractivity (Wildman–Crippen MR) is 109 cm³/mol. The van der Waals surface area contributed by atoms with Crippen molar-refractivity contribution in [1.29, 1.82) is 0 Å². The number of para-hydroxylation sites is 1. The molecule has 0 atom stereocenters. The zero-order valence-corrected chi connectivity index (χ0v) is 15.6. The molecule has 0 saturated carbocycles. The van der Waals surface area contributed by atoms with Gasteiger partial charge in [0, 0.05) is 16.2 Å². The van der Waals surface area contributed by atoms with E-state index < -0.39 is 0 Å². The van der Waals surface area contributed by atoms with Crippen molar-refractivity contribution in [3.8, 4) is 5.75 Å². The molecule has 0 spiro atoms. The van der Waals surface area contributed by atoms with E-state index in [1.165, 1.54) is 4.90 Å². The van der Waals surface area contributed by atoms with Crippen LogP contribution in [0.1, 0.15) is 10.4 Å². The predicted octanol–water partition coefficient (Wildman–Crippen LogP) is 5.76. The van der Waals surface area contributed by atoms with Gasteiger partial charge in [-0.2, -0.15) is 0 Å². The molecule has 3 rings (SSSR count). The molecule has 0 aliphatic carbocycles. The van der Waals surface area contributed by atoms with Gasteiger partial charge in [-0.25, -0.2) is 0 Å². The average molecular weight is 384 g/mol. The van der Waals surface area contributed by atoms with Crippen LogP contribution in [0.2, 0.25) is 5.02 Å². The molecule has 3 nitrogen and oxygen atoms in total. The molecule has 0 radical (unpaired) electrons. The number of thioether (sulfide) groups is 1. The molecule has 0 heterocycles. The molecule has 26 heavy (non-hydrogen) atoms.